The predicted octanol–water partition coefficient (Wildman–Crippen LogP) is 3.12. The van der Waals surface area contributed by atoms with Crippen molar-refractivity contribution >= 4 is 11.6 Å². The number of nitrogens with zero attached hydrogens (tertiary/aromatic N) is 2. The smallest absolute Gasteiger partial charge is 0.130 e. The number of fused-ring (bicyclic) bond motifs is 1. The van der Waals surface area contributed by atoms with Gasteiger partial charge in [-0.3, -0.25) is 0 Å². The second kappa shape index (κ2) is 5.95. The lowest BCUT2D eigenvalue weighted by atomic mass is 10.0. The van der Waals surface area contributed by atoms with Gasteiger partial charge in [-0.2, -0.15) is 0 Å². The molecule has 0 aliphatic carbocycles. The van der Waals surface area contributed by atoms with E-state index in [1.807, 2.05) is 6.07 Å². The predicted molar refractivity (Wildman–Crippen MR) is 84.5 cm³/mol. The molecule has 0 spiro atoms. The van der Waals surface area contributed by atoms with E-state index in [-0.39, 0.29) is 0 Å². The fourth-order valence-corrected chi connectivity index (χ4v) is 2.78. The maximum Gasteiger partial charge on any atom is 0.130 e. The molecule has 0 radical (unpaired) electrons. The zero-order chi connectivity index (χ0) is 13.8. The lowest BCUT2D eigenvalue weighted by Gasteiger charge is -2.21. The number of hydrogen-bond acceptors (Lipinski definition) is 3. The molecule has 1 N–H and O–H groups in total. The van der Waals surface area contributed by atoms with E-state index in [2.05, 4.69) is 53.5 Å². The van der Waals surface area contributed by atoms with Gasteiger partial charge in [0.15, 0.2) is 0 Å². The van der Waals surface area contributed by atoms with E-state index in [0.29, 0.717) is 0 Å². The Kier molecular flexibility index (Phi) is 3.86. The van der Waals surface area contributed by atoms with Crippen LogP contribution in [0.25, 0.3) is 0 Å². The molecule has 1 aromatic heterocycles. The zero-order valence-electron chi connectivity index (χ0n) is 12.0. The molecule has 1 aliphatic heterocycles. The van der Waals surface area contributed by atoms with Crippen molar-refractivity contribution < 1.29 is 0 Å². The number of nitrogens with one attached hydrogen (secondary N) is 1. The molecule has 2 aromatic rings. The second-order valence-electron chi connectivity index (χ2n) is 5.17. The Labute approximate surface area is 120 Å². The molecule has 3 rings (SSSR count). The Bertz CT molecular complexity index is 553. The second-order valence-corrected chi connectivity index (χ2v) is 5.17. The van der Waals surface area contributed by atoms with Crippen LogP contribution in [0.3, 0.4) is 0 Å². The summed E-state index contributed by atoms with van der Waals surface area (Å²) >= 11 is 0. The van der Waals surface area contributed by atoms with Crippen LogP contribution >= 0.6 is 0 Å². The Morgan fingerprint density at radius 3 is 2.35 bits per heavy atom. The average molecular weight is 267 g/mol. The highest BCUT2D eigenvalue weighted by molar-refractivity contribution is 5.48. The quantitative estimate of drug-likeness (QED) is 0.926. The average Bonchev–Trinajstić information content (AvgIpc) is 2.70. The molecule has 3 nitrogen and oxygen atoms in total. The van der Waals surface area contributed by atoms with E-state index in [4.69, 9.17) is 4.98 Å². The van der Waals surface area contributed by atoms with E-state index < -0.39 is 0 Å². The summed E-state index contributed by atoms with van der Waals surface area (Å²) in [7, 11) is 0. The van der Waals surface area contributed by atoms with Crippen molar-refractivity contribution in [2.75, 3.05) is 29.9 Å². The van der Waals surface area contributed by atoms with Crippen LogP contribution in [0.1, 0.15) is 18.1 Å². The molecular formula is C17H21N3. The van der Waals surface area contributed by atoms with Gasteiger partial charge in [0.05, 0.1) is 0 Å². The van der Waals surface area contributed by atoms with Gasteiger partial charge in [-0.25, -0.2) is 4.98 Å². The molecule has 1 aliphatic rings. The molecule has 0 saturated carbocycles. The van der Waals surface area contributed by atoms with Gasteiger partial charge in [0.1, 0.15) is 11.6 Å². The van der Waals surface area contributed by atoms with Crippen LogP contribution in [0, 0.1) is 0 Å². The number of pyridine rings is 1. The van der Waals surface area contributed by atoms with Crippen LogP contribution in [0.2, 0.25) is 0 Å². The Morgan fingerprint density at radius 1 is 1.00 bits per heavy atom. The Morgan fingerprint density at radius 2 is 1.70 bits per heavy atom. The summed E-state index contributed by atoms with van der Waals surface area (Å²) in [5.41, 5.74) is 2.97. The summed E-state index contributed by atoms with van der Waals surface area (Å²) in [6.07, 6.45) is 2.20. The minimum absolute atomic E-state index is 0.905. The molecule has 0 amide bonds. The van der Waals surface area contributed by atoms with E-state index in [9.17, 15) is 0 Å². The molecule has 3 heteroatoms. The molecule has 20 heavy (non-hydrogen) atoms. The minimum atomic E-state index is 0.905. The topological polar surface area (TPSA) is 28.2 Å². The first-order chi connectivity index (χ1) is 9.86. The summed E-state index contributed by atoms with van der Waals surface area (Å²) in [6.45, 7) is 5.08. The highest BCUT2D eigenvalue weighted by Gasteiger charge is 2.14. The van der Waals surface area contributed by atoms with Crippen LogP contribution in [-0.4, -0.2) is 24.6 Å². The summed E-state index contributed by atoms with van der Waals surface area (Å²) in [5, 5.41) is 3.28. The summed E-state index contributed by atoms with van der Waals surface area (Å²) in [5.74, 6) is 2.04. The summed E-state index contributed by atoms with van der Waals surface area (Å²) in [6, 6.07) is 15.0. The van der Waals surface area contributed by atoms with Crippen LogP contribution in [0.15, 0.2) is 42.5 Å². The maximum absolute atomic E-state index is 4.71. The van der Waals surface area contributed by atoms with E-state index in [1.165, 1.54) is 11.1 Å². The van der Waals surface area contributed by atoms with Crippen molar-refractivity contribution in [1.29, 1.82) is 0 Å². The number of aromatic nitrogens is 1. The summed E-state index contributed by atoms with van der Waals surface area (Å²) < 4.78 is 0. The first-order valence-corrected chi connectivity index (χ1v) is 7.39. The van der Waals surface area contributed by atoms with Crippen LogP contribution in [-0.2, 0) is 12.8 Å². The van der Waals surface area contributed by atoms with Gasteiger partial charge < -0.3 is 10.2 Å². The zero-order valence-corrected chi connectivity index (χ0v) is 12.0. The highest BCUT2D eigenvalue weighted by atomic mass is 15.2. The van der Waals surface area contributed by atoms with Crippen LogP contribution in [0.4, 0.5) is 11.6 Å². The van der Waals surface area contributed by atoms with E-state index in [1.54, 1.807) is 0 Å². The highest BCUT2D eigenvalue weighted by Crippen LogP contribution is 2.20. The van der Waals surface area contributed by atoms with Gasteiger partial charge in [-0.15, -0.1) is 0 Å². The van der Waals surface area contributed by atoms with Crippen molar-refractivity contribution in [3.8, 4) is 0 Å². The van der Waals surface area contributed by atoms with Gasteiger partial charge in [0, 0.05) is 19.6 Å². The summed E-state index contributed by atoms with van der Waals surface area (Å²) in [4.78, 5) is 7.10. The molecule has 104 valence electrons. The lowest BCUT2D eigenvalue weighted by Crippen LogP contribution is -2.27. The lowest BCUT2D eigenvalue weighted by molar-refractivity contribution is 0.791. The number of rotatable bonds is 3. The monoisotopic (exact) mass is 267 g/mol. The van der Waals surface area contributed by atoms with Crippen LogP contribution in [0.5, 0.6) is 0 Å². The molecule has 0 bridgehead atoms. The minimum Gasteiger partial charge on any atom is -0.370 e. The fourth-order valence-electron chi connectivity index (χ4n) is 2.78. The third kappa shape index (κ3) is 2.77. The van der Waals surface area contributed by atoms with Crippen LogP contribution < -0.4 is 10.2 Å². The van der Waals surface area contributed by atoms with Gasteiger partial charge in [0.2, 0.25) is 0 Å². The third-order valence-corrected chi connectivity index (χ3v) is 3.84. The molecular weight excluding hydrogens is 246 g/mol. The van der Waals surface area contributed by atoms with Gasteiger partial charge in [0.25, 0.3) is 0 Å². The molecule has 2 heterocycles. The molecule has 1 aromatic carbocycles. The molecule has 0 saturated heterocycles. The Hall–Kier alpha value is -2.03. The molecule has 0 fully saturated rings. The molecule has 0 atom stereocenters. The maximum atomic E-state index is 4.71. The van der Waals surface area contributed by atoms with Crippen molar-refractivity contribution in [2.45, 2.75) is 19.8 Å². The van der Waals surface area contributed by atoms with E-state index >= 15 is 0 Å². The fraction of sp³-hybridized carbons (Fsp3) is 0.353. The van der Waals surface area contributed by atoms with Crippen molar-refractivity contribution in [2.24, 2.45) is 0 Å². The normalized spacial score (nSPS) is 14.6. The standard InChI is InChI=1S/C17H21N3/c1-2-18-16-8-5-9-17(19-16)20-12-10-14-6-3-4-7-15(14)11-13-20/h3-9H,2,10-13H2,1H3,(H,18,19). The first kappa shape index (κ1) is 13.0. The number of anilines is 2. The van der Waals surface area contributed by atoms with E-state index in [0.717, 1.165) is 44.1 Å². The number of hydrogen-bond donors (Lipinski definition) is 1. The first-order valence-electron chi connectivity index (χ1n) is 7.39. The number of benzene rings is 1. The van der Waals surface area contributed by atoms with Gasteiger partial charge in [-0.1, -0.05) is 30.3 Å². The van der Waals surface area contributed by atoms with Gasteiger partial charge in [-0.05, 0) is 43.0 Å². The van der Waals surface area contributed by atoms with Crippen molar-refractivity contribution in [3.63, 3.8) is 0 Å². The third-order valence-electron chi connectivity index (χ3n) is 3.84. The van der Waals surface area contributed by atoms with Gasteiger partial charge >= 0.3 is 0 Å². The molecule has 0 unspecified atom stereocenters. The Balaban J connectivity index is 1.78. The van der Waals surface area contributed by atoms with Crippen molar-refractivity contribution in [3.05, 3.63) is 53.6 Å². The largest absolute Gasteiger partial charge is 0.370 e. The van der Waals surface area contributed by atoms with Crippen molar-refractivity contribution in [1.82, 2.24) is 4.98 Å². The SMILES string of the molecule is CCNc1cccc(N2CCc3ccccc3CC2)n1.